The lowest BCUT2D eigenvalue weighted by atomic mass is 9.75. The van der Waals surface area contributed by atoms with Crippen molar-refractivity contribution in [1.82, 2.24) is 9.55 Å². The van der Waals surface area contributed by atoms with Gasteiger partial charge in [0.2, 0.25) is 0 Å². The van der Waals surface area contributed by atoms with Crippen LogP contribution in [0.2, 0.25) is 0 Å². The first-order valence-electron chi connectivity index (χ1n) is 21.3. The van der Waals surface area contributed by atoms with Crippen LogP contribution in [0.3, 0.4) is 0 Å². The summed E-state index contributed by atoms with van der Waals surface area (Å²) in [4.78, 5) is 9.82. The van der Waals surface area contributed by atoms with E-state index in [4.69, 9.17) is 9.72 Å². The van der Waals surface area contributed by atoms with Gasteiger partial charge in [-0.2, -0.15) is 0 Å². The van der Waals surface area contributed by atoms with Crippen molar-refractivity contribution in [3.8, 4) is 28.4 Å². The minimum Gasteiger partial charge on any atom is -0.457 e. The fourth-order valence-corrected chi connectivity index (χ4v) is 8.76. The minimum atomic E-state index is -0.0358. The Labute approximate surface area is 355 Å². The largest absolute Gasteiger partial charge is 0.457 e. The second-order valence-corrected chi connectivity index (χ2v) is 19.5. The summed E-state index contributed by atoms with van der Waals surface area (Å²) >= 11 is 0. The number of benzene rings is 6. The third kappa shape index (κ3) is 7.31. The fourth-order valence-electron chi connectivity index (χ4n) is 8.76. The molecular weight excluding hydrogens is 733 g/mol. The molecule has 2 aromatic heterocycles. The zero-order chi connectivity index (χ0) is 42.0. The van der Waals surface area contributed by atoms with Crippen LogP contribution < -0.4 is 14.5 Å². The summed E-state index contributed by atoms with van der Waals surface area (Å²) in [6.45, 7) is 22.2. The van der Waals surface area contributed by atoms with Gasteiger partial charge in [0.25, 0.3) is 0 Å². The third-order valence-electron chi connectivity index (χ3n) is 12.0. The lowest BCUT2D eigenvalue weighted by Gasteiger charge is -2.31. The Bertz CT molecular complexity index is 2870. The van der Waals surface area contributed by atoms with Gasteiger partial charge < -0.3 is 14.5 Å². The Morgan fingerprint density at radius 1 is 0.550 bits per heavy atom. The van der Waals surface area contributed by atoms with Crippen molar-refractivity contribution in [2.45, 2.75) is 85.1 Å². The van der Waals surface area contributed by atoms with Gasteiger partial charge in [-0.15, -0.1) is 0 Å². The van der Waals surface area contributed by atoms with E-state index in [1.54, 1.807) is 0 Å². The number of hydrogen-bond donors (Lipinski definition) is 0. The van der Waals surface area contributed by atoms with Crippen molar-refractivity contribution in [2.24, 2.45) is 0 Å². The van der Waals surface area contributed by atoms with Gasteiger partial charge in [-0.05, 0) is 104 Å². The average molecular weight is 789 g/mol. The molecule has 0 fully saturated rings. The highest BCUT2D eigenvalue weighted by molar-refractivity contribution is 6.09. The first-order valence-corrected chi connectivity index (χ1v) is 21.3. The zero-order valence-electron chi connectivity index (χ0n) is 36.5. The number of pyridine rings is 1. The van der Waals surface area contributed by atoms with Crippen LogP contribution in [0.25, 0.3) is 38.8 Å². The van der Waals surface area contributed by atoms with Crippen LogP contribution in [0.5, 0.6) is 11.5 Å². The molecule has 6 aromatic carbocycles. The monoisotopic (exact) mass is 788 g/mol. The number of fused-ring (bicyclic) bond motifs is 4. The standard InChI is InChI=1S/C55H56N4O/c1-53(2,3)39-28-29-56-51(32-39)59-47-23-14-13-22-44(47)45-27-26-43(34-50(45)59)60-42-21-17-20-41(33-42)58-36-57(48-24-15-16-25-49(48)58)35-38-30-40(54(4,5)6)31-46(55(7,8)9)52(38)37-18-11-10-12-19-37/h10-34H,35-36H2,1-9H3. The van der Waals surface area contributed by atoms with Crippen molar-refractivity contribution in [3.63, 3.8) is 0 Å². The van der Waals surface area contributed by atoms with Gasteiger partial charge in [-0.1, -0.05) is 141 Å². The van der Waals surface area contributed by atoms with E-state index < -0.39 is 0 Å². The minimum absolute atomic E-state index is 0.000843. The molecule has 8 aromatic rings. The van der Waals surface area contributed by atoms with Crippen LogP contribution in [0.15, 0.2) is 152 Å². The average Bonchev–Trinajstić information content (AvgIpc) is 3.75. The van der Waals surface area contributed by atoms with Crippen LogP contribution >= 0.6 is 0 Å². The van der Waals surface area contributed by atoms with Crippen molar-refractivity contribution in [3.05, 3.63) is 174 Å². The number of nitrogens with zero attached hydrogens (tertiary/aromatic N) is 4. The molecule has 3 heterocycles. The summed E-state index contributed by atoms with van der Waals surface area (Å²) in [5, 5.41) is 2.36. The molecule has 0 bridgehead atoms. The fraction of sp³-hybridized carbons (Fsp3) is 0.255. The summed E-state index contributed by atoms with van der Waals surface area (Å²) in [5.41, 5.74) is 13.6. The van der Waals surface area contributed by atoms with Gasteiger partial charge in [0.1, 0.15) is 17.3 Å². The Morgan fingerprint density at radius 3 is 1.98 bits per heavy atom. The summed E-state index contributed by atoms with van der Waals surface area (Å²) in [5.74, 6) is 2.47. The maximum atomic E-state index is 6.74. The Hall–Kier alpha value is -6.33. The van der Waals surface area contributed by atoms with E-state index >= 15 is 0 Å². The molecule has 1 aliphatic rings. The summed E-state index contributed by atoms with van der Waals surface area (Å²) in [6, 6.07) is 52.5. The van der Waals surface area contributed by atoms with Crippen molar-refractivity contribution in [1.29, 1.82) is 0 Å². The van der Waals surface area contributed by atoms with Crippen LogP contribution in [-0.4, -0.2) is 16.2 Å². The molecule has 0 aliphatic carbocycles. The van der Waals surface area contributed by atoms with Crippen LogP contribution in [0, 0.1) is 0 Å². The predicted molar refractivity (Wildman–Crippen MR) is 253 cm³/mol. The van der Waals surface area contributed by atoms with E-state index in [0.717, 1.165) is 40.6 Å². The maximum Gasteiger partial charge on any atom is 0.137 e. The van der Waals surface area contributed by atoms with Crippen molar-refractivity contribution < 1.29 is 4.74 Å². The van der Waals surface area contributed by atoms with Gasteiger partial charge in [0.05, 0.1) is 29.1 Å². The lowest BCUT2D eigenvalue weighted by Crippen LogP contribution is -2.28. The van der Waals surface area contributed by atoms with Crippen LogP contribution in [0.4, 0.5) is 17.1 Å². The second-order valence-electron chi connectivity index (χ2n) is 19.5. The van der Waals surface area contributed by atoms with E-state index in [2.05, 4.69) is 222 Å². The summed E-state index contributed by atoms with van der Waals surface area (Å²) in [7, 11) is 0. The van der Waals surface area contributed by atoms with E-state index in [-0.39, 0.29) is 16.2 Å². The number of hydrogen-bond acceptors (Lipinski definition) is 4. The molecule has 0 unspecified atom stereocenters. The predicted octanol–water partition coefficient (Wildman–Crippen LogP) is 14.6. The molecule has 0 saturated carbocycles. The van der Waals surface area contributed by atoms with E-state index in [9.17, 15) is 0 Å². The first kappa shape index (κ1) is 39.1. The molecule has 0 atom stereocenters. The molecule has 5 nitrogen and oxygen atoms in total. The molecular formula is C55H56N4O. The lowest BCUT2D eigenvalue weighted by molar-refractivity contribution is 0.483. The molecule has 0 spiro atoms. The Balaban J connectivity index is 1.07. The molecule has 60 heavy (non-hydrogen) atoms. The van der Waals surface area contributed by atoms with E-state index in [1.807, 2.05) is 6.20 Å². The van der Waals surface area contributed by atoms with Crippen molar-refractivity contribution in [2.75, 3.05) is 16.5 Å². The number of aromatic nitrogens is 2. The summed E-state index contributed by atoms with van der Waals surface area (Å²) < 4.78 is 9.01. The third-order valence-corrected chi connectivity index (χ3v) is 12.0. The van der Waals surface area contributed by atoms with Crippen LogP contribution in [-0.2, 0) is 22.8 Å². The van der Waals surface area contributed by atoms with Crippen molar-refractivity contribution >= 4 is 38.9 Å². The van der Waals surface area contributed by atoms with Gasteiger partial charge in [-0.3, -0.25) is 4.57 Å². The van der Waals surface area contributed by atoms with Gasteiger partial charge >= 0.3 is 0 Å². The van der Waals surface area contributed by atoms with E-state index in [0.29, 0.717) is 6.67 Å². The van der Waals surface area contributed by atoms with Gasteiger partial charge in [0, 0.05) is 41.3 Å². The van der Waals surface area contributed by atoms with Crippen LogP contribution in [0.1, 0.15) is 84.6 Å². The number of rotatable bonds is 7. The first-order chi connectivity index (χ1) is 28.6. The molecule has 5 heteroatoms. The number of para-hydroxylation sites is 3. The maximum absolute atomic E-state index is 6.74. The zero-order valence-corrected chi connectivity index (χ0v) is 36.5. The molecule has 0 N–H and O–H groups in total. The number of anilines is 3. The van der Waals surface area contributed by atoms with E-state index in [1.165, 1.54) is 55.5 Å². The quantitative estimate of drug-likeness (QED) is 0.161. The molecule has 1 aliphatic heterocycles. The highest BCUT2D eigenvalue weighted by atomic mass is 16.5. The molecule has 9 rings (SSSR count). The smallest absolute Gasteiger partial charge is 0.137 e. The molecule has 0 radical (unpaired) electrons. The summed E-state index contributed by atoms with van der Waals surface area (Å²) in [6.07, 6.45) is 1.92. The topological polar surface area (TPSA) is 33.5 Å². The van der Waals surface area contributed by atoms with Gasteiger partial charge in [-0.25, -0.2) is 4.98 Å². The molecule has 302 valence electrons. The van der Waals surface area contributed by atoms with Gasteiger partial charge in [0.15, 0.2) is 0 Å². The highest BCUT2D eigenvalue weighted by Crippen LogP contribution is 2.45. The molecule has 0 amide bonds. The molecule has 0 saturated heterocycles. The highest BCUT2D eigenvalue weighted by Gasteiger charge is 2.31. The Morgan fingerprint density at radius 2 is 1.23 bits per heavy atom. The Kier molecular flexibility index (Phi) is 9.62. The number of ether oxygens (including phenoxy) is 1. The second kappa shape index (κ2) is 14.7. The normalized spacial score (nSPS) is 13.3. The SMILES string of the molecule is CC(C)(C)c1ccnc(-n2c3ccccc3c3ccc(Oc4cccc(N5CN(Cc6cc(C(C)(C)C)cc(C(C)(C)C)c6-c6ccccc6)c6ccccc65)c4)cc32)c1.